The normalized spacial score (nSPS) is 16.4. The van der Waals surface area contributed by atoms with Gasteiger partial charge in [0.1, 0.15) is 16.6 Å². The third kappa shape index (κ3) is 5.45. The van der Waals surface area contributed by atoms with E-state index < -0.39 is 0 Å². The van der Waals surface area contributed by atoms with Crippen LogP contribution in [0.5, 0.6) is 5.75 Å². The van der Waals surface area contributed by atoms with E-state index in [1.165, 1.54) is 29.0 Å². The SMILES string of the molecule is CCOc1ccc(C2CCCN2Cc2nnc(C(=O)NCc3ccc(F)cc3)s2)cc1. The number of nitrogens with zero attached hydrogens (tertiary/aromatic N) is 3. The Balaban J connectivity index is 1.35. The molecule has 2 heterocycles. The molecule has 0 bridgehead atoms. The number of halogens is 1. The summed E-state index contributed by atoms with van der Waals surface area (Å²) in [5, 5.41) is 12.3. The molecule has 2 aromatic carbocycles. The van der Waals surface area contributed by atoms with Crippen molar-refractivity contribution < 1.29 is 13.9 Å². The van der Waals surface area contributed by atoms with Gasteiger partial charge < -0.3 is 10.1 Å². The average Bonchev–Trinajstić information content (AvgIpc) is 3.44. The lowest BCUT2D eigenvalue weighted by Gasteiger charge is -2.23. The van der Waals surface area contributed by atoms with E-state index in [-0.39, 0.29) is 11.7 Å². The number of hydrogen-bond donors (Lipinski definition) is 1. The van der Waals surface area contributed by atoms with E-state index in [0.717, 1.165) is 35.7 Å². The van der Waals surface area contributed by atoms with E-state index in [0.29, 0.717) is 30.7 Å². The molecular formula is C23H25FN4O2S. The van der Waals surface area contributed by atoms with Crippen molar-refractivity contribution in [2.24, 2.45) is 0 Å². The summed E-state index contributed by atoms with van der Waals surface area (Å²) in [4.78, 5) is 14.8. The van der Waals surface area contributed by atoms with Crippen LogP contribution in [-0.2, 0) is 13.1 Å². The molecule has 0 saturated carbocycles. The molecule has 0 radical (unpaired) electrons. The van der Waals surface area contributed by atoms with Crippen LogP contribution in [0, 0.1) is 5.82 Å². The molecule has 31 heavy (non-hydrogen) atoms. The Morgan fingerprint density at radius 3 is 2.71 bits per heavy atom. The lowest BCUT2D eigenvalue weighted by atomic mass is 10.0. The number of ether oxygens (including phenoxy) is 1. The quantitative estimate of drug-likeness (QED) is 0.564. The summed E-state index contributed by atoms with van der Waals surface area (Å²) in [5.74, 6) is 0.322. The van der Waals surface area contributed by atoms with Crippen LogP contribution in [0.2, 0.25) is 0 Å². The molecule has 1 fully saturated rings. The van der Waals surface area contributed by atoms with Gasteiger partial charge in [0.25, 0.3) is 5.91 Å². The molecule has 1 amide bonds. The third-order valence-corrected chi connectivity index (χ3v) is 6.21. The Morgan fingerprint density at radius 2 is 1.97 bits per heavy atom. The molecule has 1 aliphatic heterocycles. The minimum atomic E-state index is -0.297. The maximum Gasteiger partial charge on any atom is 0.282 e. The van der Waals surface area contributed by atoms with E-state index in [1.54, 1.807) is 12.1 Å². The standard InChI is InChI=1S/C23H25FN4O2S/c1-2-30-19-11-7-17(8-12-19)20-4-3-13-28(20)15-21-26-27-23(31-21)22(29)25-14-16-5-9-18(24)10-6-16/h5-12,20H,2-4,13-15H2,1H3,(H,25,29). The second-order valence-electron chi connectivity index (χ2n) is 7.44. The molecule has 1 unspecified atom stereocenters. The number of benzene rings is 2. The van der Waals surface area contributed by atoms with Crippen LogP contribution in [0.4, 0.5) is 4.39 Å². The molecule has 8 heteroatoms. The second-order valence-corrected chi connectivity index (χ2v) is 8.50. The van der Waals surface area contributed by atoms with Gasteiger partial charge in [0.05, 0.1) is 13.2 Å². The lowest BCUT2D eigenvalue weighted by molar-refractivity contribution is 0.0950. The maximum atomic E-state index is 13.0. The molecule has 1 aromatic heterocycles. The lowest BCUT2D eigenvalue weighted by Crippen LogP contribution is -2.23. The van der Waals surface area contributed by atoms with Crippen molar-refractivity contribution in [3.05, 3.63) is 75.5 Å². The fourth-order valence-electron chi connectivity index (χ4n) is 3.79. The van der Waals surface area contributed by atoms with Crippen molar-refractivity contribution in [1.29, 1.82) is 0 Å². The van der Waals surface area contributed by atoms with Crippen molar-refractivity contribution in [2.75, 3.05) is 13.2 Å². The maximum absolute atomic E-state index is 13.0. The predicted molar refractivity (Wildman–Crippen MR) is 117 cm³/mol. The van der Waals surface area contributed by atoms with Gasteiger partial charge in [-0.25, -0.2) is 4.39 Å². The first-order valence-corrected chi connectivity index (χ1v) is 11.3. The highest BCUT2D eigenvalue weighted by Gasteiger charge is 2.27. The molecule has 3 aromatic rings. The van der Waals surface area contributed by atoms with Crippen LogP contribution < -0.4 is 10.1 Å². The third-order valence-electron chi connectivity index (χ3n) is 5.31. The first-order valence-electron chi connectivity index (χ1n) is 10.4. The molecule has 1 atom stereocenters. The number of carbonyl (C=O) groups is 1. The molecule has 1 aliphatic rings. The van der Waals surface area contributed by atoms with Gasteiger partial charge in [0.2, 0.25) is 5.01 Å². The minimum Gasteiger partial charge on any atom is -0.494 e. The number of nitrogens with one attached hydrogen (secondary N) is 1. The summed E-state index contributed by atoms with van der Waals surface area (Å²) in [5.41, 5.74) is 2.09. The van der Waals surface area contributed by atoms with Crippen LogP contribution in [0.15, 0.2) is 48.5 Å². The van der Waals surface area contributed by atoms with Crippen LogP contribution in [0.25, 0.3) is 0 Å². The fraction of sp³-hybridized carbons (Fsp3) is 0.348. The molecule has 1 N–H and O–H groups in total. The molecule has 162 valence electrons. The minimum absolute atomic E-state index is 0.266. The zero-order valence-corrected chi connectivity index (χ0v) is 18.2. The van der Waals surface area contributed by atoms with Gasteiger partial charge in [-0.15, -0.1) is 10.2 Å². The Kier molecular flexibility index (Phi) is 6.89. The molecule has 4 rings (SSSR count). The van der Waals surface area contributed by atoms with E-state index in [1.807, 2.05) is 19.1 Å². The Labute approximate surface area is 185 Å². The van der Waals surface area contributed by atoms with Crippen molar-refractivity contribution in [3.8, 4) is 5.75 Å². The Morgan fingerprint density at radius 1 is 1.19 bits per heavy atom. The fourth-order valence-corrected chi connectivity index (χ4v) is 4.57. The Hall–Kier alpha value is -2.84. The van der Waals surface area contributed by atoms with E-state index >= 15 is 0 Å². The van der Waals surface area contributed by atoms with E-state index in [4.69, 9.17) is 4.74 Å². The first-order chi connectivity index (χ1) is 15.1. The van der Waals surface area contributed by atoms with Crippen LogP contribution >= 0.6 is 11.3 Å². The Bertz CT molecular complexity index is 1010. The number of rotatable bonds is 8. The smallest absolute Gasteiger partial charge is 0.282 e. The van der Waals surface area contributed by atoms with Crippen LogP contribution in [0.3, 0.4) is 0 Å². The number of amides is 1. The highest BCUT2D eigenvalue weighted by Crippen LogP contribution is 2.34. The van der Waals surface area contributed by atoms with Gasteiger partial charge in [-0.2, -0.15) is 0 Å². The van der Waals surface area contributed by atoms with Gasteiger partial charge >= 0.3 is 0 Å². The molecule has 1 saturated heterocycles. The first kappa shape index (κ1) is 21.4. The topological polar surface area (TPSA) is 67.3 Å². The van der Waals surface area contributed by atoms with E-state index in [9.17, 15) is 9.18 Å². The van der Waals surface area contributed by atoms with Gasteiger partial charge in [-0.05, 0) is 61.7 Å². The summed E-state index contributed by atoms with van der Waals surface area (Å²) in [6.45, 7) is 4.61. The highest BCUT2D eigenvalue weighted by atomic mass is 32.1. The highest BCUT2D eigenvalue weighted by molar-refractivity contribution is 7.13. The van der Waals surface area contributed by atoms with Crippen LogP contribution in [-0.4, -0.2) is 34.2 Å². The van der Waals surface area contributed by atoms with Crippen molar-refractivity contribution in [3.63, 3.8) is 0 Å². The van der Waals surface area contributed by atoms with Crippen molar-refractivity contribution in [1.82, 2.24) is 20.4 Å². The summed E-state index contributed by atoms with van der Waals surface area (Å²) < 4.78 is 18.5. The predicted octanol–water partition coefficient (Wildman–Crippen LogP) is 4.34. The van der Waals surface area contributed by atoms with Gasteiger partial charge in [0.15, 0.2) is 0 Å². The second kappa shape index (κ2) is 9.98. The van der Waals surface area contributed by atoms with Crippen molar-refractivity contribution in [2.45, 2.75) is 38.9 Å². The van der Waals surface area contributed by atoms with E-state index in [2.05, 4.69) is 32.5 Å². The number of carbonyl (C=O) groups excluding carboxylic acids is 1. The molecule has 6 nitrogen and oxygen atoms in total. The van der Waals surface area contributed by atoms with Gasteiger partial charge in [-0.3, -0.25) is 9.69 Å². The molecular weight excluding hydrogens is 415 g/mol. The molecule has 0 spiro atoms. The number of likely N-dealkylation sites (tertiary alicyclic amines) is 1. The van der Waals surface area contributed by atoms with Crippen molar-refractivity contribution >= 4 is 17.2 Å². The number of aromatic nitrogens is 2. The zero-order chi connectivity index (χ0) is 21.6. The summed E-state index contributed by atoms with van der Waals surface area (Å²) >= 11 is 1.32. The summed E-state index contributed by atoms with van der Waals surface area (Å²) in [6, 6.07) is 14.7. The average molecular weight is 441 g/mol. The number of hydrogen-bond acceptors (Lipinski definition) is 6. The van der Waals surface area contributed by atoms with Crippen LogP contribution in [0.1, 0.15) is 51.7 Å². The zero-order valence-electron chi connectivity index (χ0n) is 17.4. The largest absolute Gasteiger partial charge is 0.494 e. The van der Waals surface area contributed by atoms with Gasteiger partial charge in [-0.1, -0.05) is 35.6 Å². The monoisotopic (exact) mass is 440 g/mol. The summed E-state index contributed by atoms with van der Waals surface area (Å²) in [6.07, 6.45) is 2.22. The van der Waals surface area contributed by atoms with Gasteiger partial charge in [0, 0.05) is 12.6 Å². The summed E-state index contributed by atoms with van der Waals surface area (Å²) in [7, 11) is 0. The molecule has 0 aliphatic carbocycles.